The van der Waals surface area contributed by atoms with Gasteiger partial charge in [0.15, 0.2) is 11.5 Å². The van der Waals surface area contributed by atoms with Gasteiger partial charge in [-0.05, 0) is 31.0 Å². The first-order chi connectivity index (χ1) is 12.6. The fraction of sp³-hybridized carbons (Fsp3) is 0.579. The summed E-state index contributed by atoms with van der Waals surface area (Å²) in [5.74, 6) is 1.23. The number of ether oxygens (including phenoxy) is 3. The molecule has 1 aliphatic rings. The molecule has 1 fully saturated rings. The Morgan fingerprint density at radius 1 is 1.15 bits per heavy atom. The van der Waals surface area contributed by atoms with Crippen molar-refractivity contribution in [2.45, 2.75) is 25.8 Å². The number of carbonyl (C=O) groups is 1. The van der Waals surface area contributed by atoms with E-state index in [-0.39, 0.29) is 18.5 Å². The van der Waals surface area contributed by atoms with Crippen LogP contribution in [0.4, 0.5) is 4.79 Å². The molecule has 2 rings (SSSR count). The predicted octanol–water partition coefficient (Wildman–Crippen LogP) is 3.03. The summed E-state index contributed by atoms with van der Waals surface area (Å²) in [6.45, 7) is 6.44. The monoisotopic (exact) mass is 397 g/mol. The first kappa shape index (κ1) is 22.9. The number of piperazine rings is 1. The van der Waals surface area contributed by atoms with Crippen molar-refractivity contribution in [3.63, 3.8) is 0 Å². The zero-order chi connectivity index (χ0) is 19.2. The van der Waals surface area contributed by atoms with Crippen LogP contribution in [-0.2, 0) is 10.3 Å². The number of amides is 1. The molecule has 0 radical (unpaired) electrons. The highest BCUT2D eigenvalue weighted by Crippen LogP contribution is 2.37. The molecule has 27 heavy (non-hydrogen) atoms. The summed E-state index contributed by atoms with van der Waals surface area (Å²) in [5, 5.41) is 10.1. The Bertz CT molecular complexity index is 671. The molecule has 0 saturated carbocycles. The predicted molar refractivity (Wildman–Crippen MR) is 105 cm³/mol. The van der Waals surface area contributed by atoms with E-state index in [0.717, 1.165) is 5.56 Å². The number of rotatable bonds is 6. The Kier molecular flexibility index (Phi) is 8.67. The van der Waals surface area contributed by atoms with Gasteiger partial charge in [-0.25, -0.2) is 4.79 Å². The molecule has 7 nitrogen and oxygen atoms in total. The first-order valence-electron chi connectivity index (χ1n) is 8.86. The summed E-state index contributed by atoms with van der Waals surface area (Å²) in [6.07, 6.45) is 0.329. The molecular weight excluding hydrogens is 370 g/mol. The number of hydrogen-bond donors (Lipinski definition) is 0. The highest BCUT2D eigenvalue weighted by atomic mass is 35.5. The smallest absolute Gasteiger partial charge is 0.409 e. The van der Waals surface area contributed by atoms with Gasteiger partial charge in [0.25, 0.3) is 0 Å². The van der Waals surface area contributed by atoms with Crippen molar-refractivity contribution in [2.75, 3.05) is 47.0 Å². The van der Waals surface area contributed by atoms with Crippen LogP contribution in [-0.4, -0.2) is 62.9 Å². The minimum atomic E-state index is -0.777. The maximum Gasteiger partial charge on any atom is 0.409 e. The van der Waals surface area contributed by atoms with E-state index >= 15 is 0 Å². The van der Waals surface area contributed by atoms with Crippen LogP contribution in [0.15, 0.2) is 18.2 Å². The Morgan fingerprint density at radius 3 is 2.26 bits per heavy atom. The van der Waals surface area contributed by atoms with Gasteiger partial charge in [0.05, 0.1) is 26.9 Å². The van der Waals surface area contributed by atoms with Crippen molar-refractivity contribution >= 4 is 18.5 Å². The molecule has 0 spiro atoms. The summed E-state index contributed by atoms with van der Waals surface area (Å²) >= 11 is 0. The van der Waals surface area contributed by atoms with Crippen molar-refractivity contribution in [1.29, 1.82) is 5.26 Å². The van der Waals surface area contributed by atoms with Crippen molar-refractivity contribution in [3.05, 3.63) is 23.8 Å². The lowest BCUT2D eigenvalue weighted by Crippen LogP contribution is -2.56. The fourth-order valence-electron chi connectivity index (χ4n) is 3.40. The van der Waals surface area contributed by atoms with Crippen molar-refractivity contribution < 1.29 is 19.0 Å². The van der Waals surface area contributed by atoms with Crippen LogP contribution in [0.1, 0.15) is 25.8 Å². The molecule has 8 heteroatoms. The van der Waals surface area contributed by atoms with Gasteiger partial charge in [-0.3, -0.25) is 4.90 Å². The van der Waals surface area contributed by atoms with Gasteiger partial charge in [0, 0.05) is 26.2 Å². The molecule has 1 aliphatic heterocycles. The van der Waals surface area contributed by atoms with E-state index in [1.807, 2.05) is 25.1 Å². The van der Waals surface area contributed by atoms with Crippen LogP contribution in [0, 0.1) is 11.3 Å². The van der Waals surface area contributed by atoms with Crippen LogP contribution in [0.5, 0.6) is 11.5 Å². The van der Waals surface area contributed by atoms with Crippen molar-refractivity contribution in [3.8, 4) is 17.6 Å². The number of halogens is 1. The molecule has 0 aliphatic carbocycles. The summed E-state index contributed by atoms with van der Waals surface area (Å²) in [5.41, 5.74) is 0.0880. The molecule has 1 saturated heterocycles. The average Bonchev–Trinajstić information content (AvgIpc) is 2.69. The van der Waals surface area contributed by atoms with Crippen LogP contribution < -0.4 is 9.47 Å². The third-order valence-corrected chi connectivity index (χ3v) is 4.90. The van der Waals surface area contributed by atoms with Gasteiger partial charge < -0.3 is 19.1 Å². The Labute approximate surface area is 167 Å². The van der Waals surface area contributed by atoms with Gasteiger partial charge in [0.1, 0.15) is 5.54 Å². The van der Waals surface area contributed by atoms with Crippen LogP contribution in [0.3, 0.4) is 0 Å². The third-order valence-electron chi connectivity index (χ3n) is 4.90. The maximum atomic E-state index is 11.9. The van der Waals surface area contributed by atoms with E-state index in [4.69, 9.17) is 14.2 Å². The first-order valence-corrected chi connectivity index (χ1v) is 8.86. The number of methoxy groups -OCH3 is 2. The molecule has 1 atom stereocenters. The number of carbonyl (C=O) groups excluding carboxylic acids is 1. The quantitative estimate of drug-likeness (QED) is 0.734. The second kappa shape index (κ2) is 10.2. The Balaban J connectivity index is 0.00000364. The summed E-state index contributed by atoms with van der Waals surface area (Å²) in [4.78, 5) is 15.7. The van der Waals surface area contributed by atoms with E-state index in [9.17, 15) is 10.1 Å². The highest BCUT2D eigenvalue weighted by Gasteiger charge is 2.40. The lowest BCUT2D eigenvalue weighted by Gasteiger charge is -2.43. The summed E-state index contributed by atoms with van der Waals surface area (Å²) in [7, 11) is 3.17. The molecule has 0 bridgehead atoms. The molecule has 0 N–H and O–H groups in total. The number of nitrogens with zero attached hydrogens (tertiary/aromatic N) is 3. The zero-order valence-corrected chi connectivity index (χ0v) is 17.2. The maximum absolute atomic E-state index is 11.9. The van der Waals surface area contributed by atoms with Crippen LogP contribution in [0.25, 0.3) is 0 Å². The summed E-state index contributed by atoms with van der Waals surface area (Å²) < 4.78 is 15.8. The molecule has 1 heterocycles. The minimum absolute atomic E-state index is 0. The zero-order valence-electron chi connectivity index (χ0n) is 16.4. The second-order valence-corrected chi connectivity index (χ2v) is 6.07. The van der Waals surface area contributed by atoms with Gasteiger partial charge in [-0.15, -0.1) is 12.4 Å². The van der Waals surface area contributed by atoms with Gasteiger partial charge in [-0.2, -0.15) is 5.26 Å². The van der Waals surface area contributed by atoms with Gasteiger partial charge in [-0.1, -0.05) is 13.0 Å². The Hall–Kier alpha value is -2.17. The van der Waals surface area contributed by atoms with E-state index in [0.29, 0.717) is 50.7 Å². The molecular formula is C19H28ClN3O4. The van der Waals surface area contributed by atoms with E-state index in [2.05, 4.69) is 11.0 Å². The van der Waals surface area contributed by atoms with Crippen LogP contribution in [0.2, 0.25) is 0 Å². The topological polar surface area (TPSA) is 75.0 Å². The van der Waals surface area contributed by atoms with Crippen molar-refractivity contribution in [1.82, 2.24) is 9.80 Å². The standard InChI is InChI=1S/C19H27N3O4.ClH/c1-5-19(14-20,15-7-8-16(24-3)17(13-15)25-4)22-11-9-21(10-12-22)18(23)26-6-2;/h7-8,13H,5-6,9-12H2,1-4H3;1H. The molecule has 0 aromatic heterocycles. The number of nitriles is 1. The number of hydrogen-bond acceptors (Lipinski definition) is 6. The largest absolute Gasteiger partial charge is 0.493 e. The SMILES string of the molecule is CCOC(=O)N1CCN(C(C#N)(CC)c2ccc(OC)c(OC)c2)CC1.Cl. The van der Waals surface area contributed by atoms with E-state index in [1.165, 1.54) is 0 Å². The molecule has 1 unspecified atom stereocenters. The molecule has 150 valence electrons. The fourth-order valence-corrected chi connectivity index (χ4v) is 3.40. The molecule has 1 amide bonds. The number of benzene rings is 1. The van der Waals surface area contributed by atoms with E-state index < -0.39 is 5.54 Å². The van der Waals surface area contributed by atoms with Gasteiger partial charge in [0.2, 0.25) is 0 Å². The minimum Gasteiger partial charge on any atom is -0.493 e. The highest BCUT2D eigenvalue weighted by molar-refractivity contribution is 5.85. The normalized spacial score (nSPS) is 16.5. The van der Waals surface area contributed by atoms with Gasteiger partial charge >= 0.3 is 6.09 Å². The van der Waals surface area contributed by atoms with Crippen molar-refractivity contribution in [2.24, 2.45) is 0 Å². The van der Waals surface area contributed by atoms with Crippen LogP contribution >= 0.6 is 12.4 Å². The lowest BCUT2D eigenvalue weighted by molar-refractivity contribution is 0.0451. The summed E-state index contributed by atoms with van der Waals surface area (Å²) in [6, 6.07) is 8.10. The third kappa shape index (κ3) is 4.57. The lowest BCUT2D eigenvalue weighted by atomic mass is 9.86. The average molecular weight is 398 g/mol. The Morgan fingerprint density at radius 2 is 1.78 bits per heavy atom. The molecule has 1 aromatic rings. The molecule has 1 aromatic carbocycles. The second-order valence-electron chi connectivity index (χ2n) is 6.07. The van der Waals surface area contributed by atoms with E-state index in [1.54, 1.807) is 26.0 Å².